The highest BCUT2D eigenvalue weighted by atomic mass is 127. The van der Waals surface area contributed by atoms with Gasteiger partial charge in [-0.2, -0.15) is 0 Å². The van der Waals surface area contributed by atoms with Crippen LogP contribution in [-0.2, 0) is 10.2 Å². The molecule has 22 heavy (non-hydrogen) atoms. The van der Waals surface area contributed by atoms with Gasteiger partial charge in [0.05, 0.1) is 6.04 Å². The summed E-state index contributed by atoms with van der Waals surface area (Å²) in [6.07, 6.45) is 3.14. The molecule has 1 aliphatic heterocycles. The van der Waals surface area contributed by atoms with Crippen molar-refractivity contribution in [2.24, 2.45) is 0 Å². The molecule has 0 aliphatic carbocycles. The minimum Gasteiger partial charge on any atom is -0.307 e. The SMILES string of the molecule is O=CC1NCCCC1(c1ccc(I)cc1)c1ccc(I)cc1. The Morgan fingerprint density at radius 2 is 1.45 bits per heavy atom. The Labute approximate surface area is 158 Å². The van der Waals surface area contributed by atoms with Gasteiger partial charge in [0.2, 0.25) is 0 Å². The molecule has 4 heteroatoms. The Morgan fingerprint density at radius 3 is 1.91 bits per heavy atom. The first-order valence-corrected chi connectivity index (χ1v) is 9.53. The van der Waals surface area contributed by atoms with Gasteiger partial charge in [0.25, 0.3) is 0 Å². The van der Waals surface area contributed by atoms with Crippen LogP contribution in [0.5, 0.6) is 0 Å². The zero-order chi connectivity index (χ0) is 15.6. The monoisotopic (exact) mass is 517 g/mol. The van der Waals surface area contributed by atoms with Crippen molar-refractivity contribution in [1.82, 2.24) is 5.32 Å². The quantitative estimate of drug-likeness (QED) is 0.491. The van der Waals surface area contributed by atoms with Crippen LogP contribution in [0, 0.1) is 7.14 Å². The molecule has 1 N–H and O–H groups in total. The fourth-order valence-electron chi connectivity index (χ4n) is 3.43. The van der Waals surface area contributed by atoms with E-state index in [4.69, 9.17) is 0 Å². The third-order valence-electron chi connectivity index (χ3n) is 4.50. The summed E-state index contributed by atoms with van der Waals surface area (Å²) in [4.78, 5) is 11.8. The van der Waals surface area contributed by atoms with Gasteiger partial charge >= 0.3 is 0 Å². The Hall–Kier alpha value is -0.470. The van der Waals surface area contributed by atoms with Crippen LogP contribution in [0.4, 0.5) is 0 Å². The Kier molecular flexibility index (Phi) is 5.19. The lowest BCUT2D eigenvalue weighted by atomic mass is 9.65. The summed E-state index contributed by atoms with van der Waals surface area (Å²) in [6, 6.07) is 17.0. The van der Waals surface area contributed by atoms with Crippen LogP contribution in [0.2, 0.25) is 0 Å². The summed E-state index contributed by atoms with van der Waals surface area (Å²) in [5, 5.41) is 3.41. The van der Waals surface area contributed by atoms with E-state index in [0.29, 0.717) is 0 Å². The van der Waals surface area contributed by atoms with Crippen molar-refractivity contribution in [1.29, 1.82) is 0 Å². The lowest BCUT2D eigenvalue weighted by Gasteiger charge is -2.43. The number of nitrogens with one attached hydrogen (secondary N) is 1. The molecule has 1 saturated heterocycles. The molecular weight excluding hydrogens is 500 g/mol. The third-order valence-corrected chi connectivity index (χ3v) is 5.94. The topological polar surface area (TPSA) is 29.1 Å². The molecule has 0 aromatic heterocycles. The fraction of sp³-hybridized carbons (Fsp3) is 0.278. The molecule has 2 aromatic rings. The zero-order valence-electron chi connectivity index (χ0n) is 12.1. The van der Waals surface area contributed by atoms with Crippen LogP contribution in [0.25, 0.3) is 0 Å². The van der Waals surface area contributed by atoms with Crippen LogP contribution >= 0.6 is 45.2 Å². The molecule has 1 atom stereocenters. The first-order valence-electron chi connectivity index (χ1n) is 7.37. The Balaban J connectivity index is 2.18. The average Bonchev–Trinajstić information content (AvgIpc) is 2.56. The molecule has 3 rings (SSSR count). The van der Waals surface area contributed by atoms with Gasteiger partial charge in [-0.1, -0.05) is 24.3 Å². The molecule has 1 heterocycles. The normalized spacial score (nSPS) is 20.5. The molecule has 0 radical (unpaired) electrons. The highest BCUT2D eigenvalue weighted by Crippen LogP contribution is 2.41. The fourth-order valence-corrected chi connectivity index (χ4v) is 4.15. The molecule has 1 unspecified atom stereocenters. The first-order chi connectivity index (χ1) is 10.7. The van der Waals surface area contributed by atoms with E-state index in [1.54, 1.807) is 0 Å². The van der Waals surface area contributed by atoms with Gasteiger partial charge in [-0.05, 0) is 100.0 Å². The number of piperidine rings is 1. The van der Waals surface area contributed by atoms with Crippen LogP contribution in [-0.4, -0.2) is 18.9 Å². The number of hydrogen-bond acceptors (Lipinski definition) is 2. The lowest BCUT2D eigenvalue weighted by Crippen LogP contribution is -2.54. The molecule has 1 aliphatic rings. The maximum absolute atomic E-state index is 11.8. The molecule has 1 fully saturated rings. The second-order valence-electron chi connectivity index (χ2n) is 5.66. The minimum atomic E-state index is -0.269. The van der Waals surface area contributed by atoms with Crippen LogP contribution in [0.3, 0.4) is 0 Å². The largest absolute Gasteiger partial charge is 0.307 e. The van der Waals surface area contributed by atoms with Crippen molar-refractivity contribution < 1.29 is 4.79 Å². The van der Waals surface area contributed by atoms with Gasteiger partial charge < -0.3 is 10.1 Å². The van der Waals surface area contributed by atoms with E-state index in [9.17, 15) is 4.79 Å². The van der Waals surface area contributed by atoms with Gasteiger partial charge in [0.15, 0.2) is 0 Å². The van der Waals surface area contributed by atoms with Crippen LogP contribution in [0.1, 0.15) is 24.0 Å². The number of benzene rings is 2. The number of rotatable bonds is 3. The average molecular weight is 517 g/mol. The first kappa shape index (κ1) is 16.4. The summed E-state index contributed by atoms with van der Waals surface area (Å²) in [7, 11) is 0. The van der Waals surface area contributed by atoms with E-state index in [2.05, 4.69) is 99.0 Å². The van der Waals surface area contributed by atoms with Crippen molar-refractivity contribution in [2.75, 3.05) is 6.54 Å². The summed E-state index contributed by atoms with van der Waals surface area (Å²) < 4.78 is 2.43. The molecule has 0 amide bonds. The van der Waals surface area contributed by atoms with E-state index in [1.165, 1.54) is 18.3 Å². The highest BCUT2D eigenvalue weighted by Gasteiger charge is 2.43. The van der Waals surface area contributed by atoms with Crippen molar-refractivity contribution >= 4 is 51.5 Å². The minimum absolute atomic E-state index is 0.179. The van der Waals surface area contributed by atoms with Crippen molar-refractivity contribution in [2.45, 2.75) is 24.3 Å². The maximum Gasteiger partial charge on any atom is 0.138 e. The van der Waals surface area contributed by atoms with E-state index in [1.807, 2.05) is 0 Å². The standard InChI is InChI=1S/C18H17I2NO/c19-15-6-2-13(3-7-15)18(10-1-11-21-17(18)12-22)14-4-8-16(20)9-5-14/h2-9,12,17,21H,1,10-11H2. The van der Waals surface area contributed by atoms with E-state index in [0.717, 1.165) is 25.7 Å². The molecule has 2 aromatic carbocycles. The third kappa shape index (κ3) is 2.97. The Bertz CT molecular complexity index is 606. The van der Waals surface area contributed by atoms with Crippen LogP contribution < -0.4 is 5.32 Å². The molecule has 114 valence electrons. The van der Waals surface area contributed by atoms with E-state index >= 15 is 0 Å². The van der Waals surface area contributed by atoms with Gasteiger partial charge in [-0.15, -0.1) is 0 Å². The van der Waals surface area contributed by atoms with Crippen molar-refractivity contribution in [3.05, 3.63) is 66.8 Å². The van der Waals surface area contributed by atoms with Gasteiger partial charge in [0, 0.05) is 12.6 Å². The van der Waals surface area contributed by atoms with E-state index in [-0.39, 0.29) is 11.5 Å². The molecular formula is C18H17I2NO. The number of carbonyl (C=O) groups is 1. The Morgan fingerprint density at radius 1 is 0.955 bits per heavy atom. The smallest absolute Gasteiger partial charge is 0.138 e. The molecule has 0 spiro atoms. The number of hydrogen-bond donors (Lipinski definition) is 1. The predicted octanol–water partition coefficient (Wildman–Crippen LogP) is 4.13. The number of carbonyl (C=O) groups excluding carboxylic acids is 1. The van der Waals surface area contributed by atoms with Gasteiger partial charge in [-0.25, -0.2) is 0 Å². The molecule has 0 bridgehead atoms. The molecule has 2 nitrogen and oxygen atoms in total. The number of aldehydes is 1. The van der Waals surface area contributed by atoms with Crippen molar-refractivity contribution in [3.8, 4) is 0 Å². The highest BCUT2D eigenvalue weighted by molar-refractivity contribution is 14.1. The lowest BCUT2D eigenvalue weighted by molar-refractivity contribution is -0.111. The summed E-state index contributed by atoms with van der Waals surface area (Å²) in [6.45, 7) is 0.903. The van der Waals surface area contributed by atoms with Crippen LogP contribution in [0.15, 0.2) is 48.5 Å². The second kappa shape index (κ2) is 6.97. The zero-order valence-corrected chi connectivity index (χ0v) is 16.4. The number of halogens is 2. The van der Waals surface area contributed by atoms with E-state index < -0.39 is 0 Å². The van der Waals surface area contributed by atoms with Crippen molar-refractivity contribution in [3.63, 3.8) is 0 Å². The summed E-state index contributed by atoms with van der Waals surface area (Å²) in [5.74, 6) is 0. The molecule has 0 saturated carbocycles. The second-order valence-corrected chi connectivity index (χ2v) is 8.15. The summed E-state index contributed by atoms with van der Waals surface area (Å²) >= 11 is 4.64. The summed E-state index contributed by atoms with van der Waals surface area (Å²) in [5.41, 5.74) is 2.17. The maximum atomic E-state index is 11.8. The van der Waals surface area contributed by atoms with Gasteiger partial charge in [0.1, 0.15) is 6.29 Å². The predicted molar refractivity (Wildman–Crippen MR) is 106 cm³/mol. The van der Waals surface area contributed by atoms with Gasteiger partial charge in [-0.3, -0.25) is 0 Å².